The van der Waals surface area contributed by atoms with Crippen molar-refractivity contribution in [1.82, 2.24) is 5.23 Å². The molecule has 2 aliphatic carbocycles. The van der Waals surface area contributed by atoms with Gasteiger partial charge >= 0.3 is 13.0 Å². The van der Waals surface area contributed by atoms with Crippen molar-refractivity contribution in [1.29, 1.82) is 0 Å². The molecule has 1 spiro atoms. The van der Waals surface area contributed by atoms with Gasteiger partial charge in [-0.25, -0.2) is 0 Å². The Morgan fingerprint density at radius 1 is 1.44 bits per heavy atom. The lowest BCUT2D eigenvalue weighted by atomic mass is 9.74. The summed E-state index contributed by atoms with van der Waals surface area (Å²) in [6.07, 6.45) is 7.35. The third-order valence-corrected chi connectivity index (χ3v) is 4.48. The van der Waals surface area contributed by atoms with E-state index in [0.717, 1.165) is 12.8 Å². The minimum absolute atomic E-state index is 0.213. The molecule has 4 nitrogen and oxygen atoms in total. The summed E-state index contributed by atoms with van der Waals surface area (Å²) < 4.78 is 5.11. The summed E-state index contributed by atoms with van der Waals surface area (Å²) in [6, 6.07) is -0.346. The van der Waals surface area contributed by atoms with Crippen LogP contribution in [0.4, 0.5) is 0 Å². The number of hydrogen-bond donors (Lipinski definition) is 2. The summed E-state index contributed by atoms with van der Waals surface area (Å²) in [5, 5.41) is 12.4. The van der Waals surface area contributed by atoms with Crippen LogP contribution in [-0.4, -0.2) is 30.7 Å². The van der Waals surface area contributed by atoms with Crippen LogP contribution in [-0.2, 0) is 9.53 Å². The molecule has 1 atom stereocenters. The summed E-state index contributed by atoms with van der Waals surface area (Å²) in [4.78, 5) is 12.0. The lowest BCUT2D eigenvalue weighted by Crippen LogP contribution is -2.50. The zero-order chi connectivity index (χ0) is 13.2. The van der Waals surface area contributed by atoms with Crippen molar-refractivity contribution in [3.8, 4) is 0 Å². The number of hydrogen-bond acceptors (Lipinski definition) is 4. The van der Waals surface area contributed by atoms with Gasteiger partial charge in [0.05, 0.1) is 6.61 Å². The quantitative estimate of drug-likeness (QED) is 0.577. The smallest absolute Gasteiger partial charge is 0.374 e. The van der Waals surface area contributed by atoms with E-state index in [2.05, 4.69) is 5.23 Å². The van der Waals surface area contributed by atoms with E-state index in [1.807, 2.05) is 6.92 Å². The minimum Gasteiger partial charge on any atom is -0.465 e. The van der Waals surface area contributed by atoms with Gasteiger partial charge in [0.2, 0.25) is 0 Å². The molecule has 0 amide bonds. The van der Waals surface area contributed by atoms with E-state index in [1.165, 1.54) is 25.7 Å². The molecule has 102 valence electrons. The maximum Gasteiger partial charge on any atom is 0.374 e. The van der Waals surface area contributed by atoms with E-state index in [9.17, 15) is 9.82 Å². The van der Waals surface area contributed by atoms with Crippen molar-refractivity contribution in [2.45, 2.75) is 58.3 Å². The van der Waals surface area contributed by atoms with Crippen LogP contribution in [0.15, 0.2) is 0 Å². The fourth-order valence-electron chi connectivity index (χ4n) is 3.15. The predicted octanol–water partition coefficient (Wildman–Crippen LogP) is 1.59. The average Bonchev–Trinajstić information content (AvgIpc) is 3.07. The monoisotopic (exact) mass is 253 g/mol. The molecule has 0 radical (unpaired) electrons. The Labute approximate surface area is 110 Å². The molecule has 2 N–H and O–H groups in total. The Morgan fingerprint density at radius 3 is 2.50 bits per heavy atom. The summed E-state index contributed by atoms with van der Waals surface area (Å²) in [7, 11) is -0.670. The van der Waals surface area contributed by atoms with Gasteiger partial charge in [-0.1, -0.05) is 0 Å². The first-order valence-electron chi connectivity index (χ1n) is 7.17. The van der Waals surface area contributed by atoms with Crippen LogP contribution >= 0.6 is 0 Å². The van der Waals surface area contributed by atoms with Gasteiger partial charge < -0.3 is 15.0 Å². The lowest BCUT2D eigenvalue weighted by molar-refractivity contribution is -0.147. The van der Waals surface area contributed by atoms with Crippen LogP contribution in [0.2, 0.25) is 6.82 Å². The second-order valence-electron chi connectivity index (χ2n) is 5.91. The number of nitrogens with one attached hydrogen (secondary N) is 1. The third-order valence-electron chi connectivity index (χ3n) is 4.48. The molecule has 1 unspecified atom stereocenters. The Kier molecular flexibility index (Phi) is 4.33. The molecule has 0 aliphatic heterocycles. The fraction of sp³-hybridized carbons (Fsp3) is 0.923. The number of carbonyl (C=O) groups is 1. The lowest BCUT2D eigenvalue weighted by Gasteiger charge is -2.33. The highest BCUT2D eigenvalue weighted by Gasteiger charge is 2.46. The van der Waals surface area contributed by atoms with Gasteiger partial charge in [0.1, 0.15) is 6.04 Å². The van der Waals surface area contributed by atoms with Gasteiger partial charge in [-0.2, -0.15) is 0 Å². The van der Waals surface area contributed by atoms with Crippen LogP contribution in [0.5, 0.6) is 0 Å². The topological polar surface area (TPSA) is 58.6 Å². The van der Waals surface area contributed by atoms with Gasteiger partial charge in [0.25, 0.3) is 0 Å². The predicted molar refractivity (Wildman–Crippen MR) is 71.0 cm³/mol. The summed E-state index contributed by atoms with van der Waals surface area (Å²) in [5.41, 5.74) is 0.626. The fourth-order valence-corrected chi connectivity index (χ4v) is 3.15. The first-order chi connectivity index (χ1) is 8.56. The Hall–Kier alpha value is -0.545. The molecule has 0 aromatic carbocycles. The van der Waals surface area contributed by atoms with Crippen molar-refractivity contribution in [3.05, 3.63) is 0 Å². The molecule has 2 rings (SSSR count). The molecule has 0 heterocycles. The average molecular weight is 253 g/mol. The largest absolute Gasteiger partial charge is 0.465 e. The van der Waals surface area contributed by atoms with E-state index < -0.39 is 7.05 Å². The van der Waals surface area contributed by atoms with Crippen LogP contribution in [0.1, 0.15) is 45.4 Å². The molecule has 0 aromatic rings. The van der Waals surface area contributed by atoms with Crippen LogP contribution < -0.4 is 5.23 Å². The normalized spacial score (nSPS) is 23.7. The molecule has 5 heteroatoms. The molecule has 2 saturated carbocycles. The van der Waals surface area contributed by atoms with Crippen molar-refractivity contribution in [3.63, 3.8) is 0 Å². The molecular weight excluding hydrogens is 229 g/mol. The molecule has 0 bridgehead atoms. The van der Waals surface area contributed by atoms with Gasteiger partial charge in [0.15, 0.2) is 0 Å². The third kappa shape index (κ3) is 3.26. The molecule has 0 saturated heterocycles. The summed E-state index contributed by atoms with van der Waals surface area (Å²) in [5.74, 6) is 0.0972. The maximum atomic E-state index is 12.0. The Balaban J connectivity index is 1.92. The highest BCUT2D eigenvalue weighted by atomic mass is 16.5. The SMILES string of the molecule is CCOC(=O)C(NB(C)O)C1CCC2(CC1)CC2. The van der Waals surface area contributed by atoms with E-state index >= 15 is 0 Å². The molecule has 2 fully saturated rings. The summed E-state index contributed by atoms with van der Waals surface area (Å²) >= 11 is 0. The Morgan fingerprint density at radius 2 is 2.06 bits per heavy atom. The van der Waals surface area contributed by atoms with Gasteiger partial charge in [-0.3, -0.25) is 4.79 Å². The zero-order valence-electron chi connectivity index (χ0n) is 11.4. The second kappa shape index (κ2) is 5.62. The van der Waals surface area contributed by atoms with E-state index in [-0.39, 0.29) is 12.0 Å². The number of rotatable bonds is 5. The minimum atomic E-state index is -0.670. The standard InChI is InChI=1S/C13H24BNO3/c1-3-18-12(16)11(15-14(2)17)10-4-6-13(7-5-10)8-9-13/h10-11,15,17H,3-9H2,1-2H3. The van der Waals surface area contributed by atoms with Gasteiger partial charge in [0, 0.05) is 0 Å². The van der Waals surface area contributed by atoms with Crippen molar-refractivity contribution >= 4 is 13.0 Å². The molecule has 18 heavy (non-hydrogen) atoms. The highest BCUT2D eigenvalue weighted by molar-refractivity contribution is 6.46. The highest BCUT2D eigenvalue weighted by Crippen LogP contribution is 2.57. The van der Waals surface area contributed by atoms with Gasteiger partial charge in [-0.05, 0) is 63.6 Å². The van der Waals surface area contributed by atoms with Crippen molar-refractivity contribution < 1.29 is 14.6 Å². The molecule has 2 aliphatic rings. The molecule has 0 aromatic heterocycles. The van der Waals surface area contributed by atoms with E-state index in [0.29, 0.717) is 17.9 Å². The number of esters is 1. The van der Waals surface area contributed by atoms with Crippen LogP contribution in [0.25, 0.3) is 0 Å². The number of ether oxygens (including phenoxy) is 1. The molecular formula is C13H24BNO3. The van der Waals surface area contributed by atoms with Crippen LogP contribution in [0, 0.1) is 11.3 Å². The maximum absolute atomic E-state index is 12.0. The van der Waals surface area contributed by atoms with E-state index in [1.54, 1.807) is 6.82 Å². The number of carbonyl (C=O) groups excluding carboxylic acids is 1. The van der Waals surface area contributed by atoms with Crippen LogP contribution in [0.3, 0.4) is 0 Å². The zero-order valence-corrected chi connectivity index (χ0v) is 11.4. The van der Waals surface area contributed by atoms with Crippen molar-refractivity contribution in [2.24, 2.45) is 11.3 Å². The van der Waals surface area contributed by atoms with Gasteiger partial charge in [-0.15, -0.1) is 0 Å². The van der Waals surface area contributed by atoms with Crippen molar-refractivity contribution in [2.75, 3.05) is 6.61 Å². The Bertz CT molecular complexity index is 295. The second-order valence-corrected chi connectivity index (χ2v) is 5.91. The van der Waals surface area contributed by atoms with E-state index in [4.69, 9.17) is 4.74 Å². The first-order valence-corrected chi connectivity index (χ1v) is 7.17. The first kappa shape index (κ1) is 13.9. The summed E-state index contributed by atoms with van der Waals surface area (Å²) in [6.45, 7) is 3.86.